The van der Waals surface area contributed by atoms with Gasteiger partial charge in [0.05, 0.1) is 18.3 Å². The largest absolute Gasteiger partial charge is 0.497 e. The summed E-state index contributed by atoms with van der Waals surface area (Å²) in [6.45, 7) is 0. The smallest absolute Gasteiger partial charge is 0.334 e. The molecule has 0 fully saturated rings. The van der Waals surface area contributed by atoms with E-state index in [0.29, 0.717) is 16.9 Å². The van der Waals surface area contributed by atoms with Gasteiger partial charge in [-0.1, -0.05) is 0 Å². The summed E-state index contributed by atoms with van der Waals surface area (Å²) in [7, 11) is 1.48. The van der Waals surface area contributed by atoms with Crippen molar-refractivity contribution >= 4 is 23.6 Å². The molecule has 18 heavy (non-hydrogen) atoms. The summed E-state index contributed by atoms with van der Waals surface area (Å²) < 4.78 is 5.02. The maximum atomic E-state index is 11.0. The SMILES string of the molecule is COc1ccc2c(c1)C=C(C(=O)O)C(O)C2=C=O. The van der Waals surface area contributed by atoms with Crippen LogP contribution in [0.15, 0.2) is 23.8 Å². The van der Waals surface area contributed by atoms with Crippen LogP contribution in [0.5, 0.6) is 5.75 Å². The van der Waals surface area contributed by atoms with Crippen molar-refractivity contribution in [3.63, 3.8) is 0 Å². The summed E-state index contributed by atoms with van der Waals surface area (Å²) in [4.78, 5) is 21.9. The van der Waals surface area contributed by atoms with Crippen molar-refractivity contribution in [3.05, 3.63) is 34.9 Å². The first-order valence-electron chi connectivity index (χ1n) is 5.15. The number of hydrogen-bond acceptors (Lipinski definition) is 4. The number of benzene rings is 1. The second-order valence-electron chi connectivity index (χ2n) is 3.78. The third-order valence-electron chi connectivity index (χ3n) is 2.78. The molecule has 1 aromatic carbocycles. The van der Waals surface area contributed by atoms with Crippen LogP contribution in [0.1, 0.15) is 11.1 Å². The Bertz CT molecular complexity index is 593. The molecule has 2 rings (SSSR count). The number of aliphatic hydroxyl groups excluding tert-OH is 1. The fourth-order valence-electron chi connectivity index (χ4n) is 1.87. The van der Waals surface area contributed by atoms with Crippen LogP contribution in [0.25, 0.3) is 11.6 Å². The molecule has 1 aliphatic rings. The third-order valence-corrected chi connectivity index (χ3v) is 2.78. The van der Waals surface area contributed by atoms with Crippen LogP contribution in [0.2, 0.25) is 0 Å². The van der Waals surface area contributed by atoms with Gasteiger partial charge in [0.25, 0.3) is 0 Å². The first-order chi connectivity index (χ1) is 8.58. The van der Waals surface area contributed by atoms with E-state index in [0.717, 1.165) is 0 Å². The van der Waals surface area contributed by atoms with Crippen LogP contribution in [0.4, 0.5) is 0 Å². The van der Waals surface area contributed by atoms with Gasteiger partial charge in [-0.2, -0.15) is 0 Å². The standard InChI is InChI=1S/C13H10O5/c1-18-8-2-3-9-7(4-8)5-10(13(16)17)12(15)11(9)6-14/h2-5,12,15H,1H3,(H,16,17). The summed E-state index contributed by atoms with van der Waals surface area (Å²) in [6.07, 6.45) is -0.132. The molecular formula is C13H10O5. The summed E-state index contributed by atoms with van der Waals surface area (Å²) in [6, 6.07) is 4.82. The topological polar surface area (TPSA) is 83.8 Å². The van der Waals surface area contributed by atoms with Gasteiger partial charge in [0.2, 0.25) is 0 Å². The lowest BCUT2D eigenvalue weighted by Gasteiger charge is -2.20. The highest BCUT2D eigenvalue weighted by molar-refractivity contribution is 6.06. The molecule has 5 heteroatoms. The van der Waals surface area contributed by atoms with Crippen LogP contribution in [-0.2, 0) is 9.59 Å². The van der Waals surface area contributed by atoms with Crippen LogP contribution in [-0.4, -0.2) is 35.3 Å². The summed E-state index contributed by atoms with van der Waals surface area (Å²) in [5.41, 5.74) is 0.639. The Balaban J connectivity index is 2.68. The Labute approximate surface area is 103 Å². The number of aliphatic carboxylic acids is 1. The highest BCUT2D eigenvalue weighted by atomic mass is 16.5. The predicted octanol–water partition coefficient (Wildman–Crippen LogP) is 0.753. The number of ether oxygens (including phenoxy) is 1. The fraction of sp³-hybridized carbons (Fsp3) is 0.154. The zero-order chi connectivity index (χ0) is 13.3. The molecule has 0 bridgehead atoms. The minimum Gasteiger partial charge on any atom is -0.497 e. The van der Waals surface area contributed by atoms with Gasteiger partial charge in [-0.3, -0.25) is 0 Å². The number of methoxy groups -OCH3 is 1. The Morgan fingerprint density at radius 1 is 1.44 bits per heavy atom. The van der Waals surface area contributed by atoms with Crippen molar-refractivity contribution in [1.29, 1.82) is 0 Å². The number of carbonyl (C=O) groups excluding carboxylic acids is 1. The average Bonchev–Trinajstić information content (AvgIpc) is 2.37. The monoisotopic (exact) mass is 246 g/mol. The van der Waals surface area contributed by atoms with Crippen LogP contribution >= 0.6 is 0 Å². The minimum atomic E-state index is -1.46. The van der Waals surface area contributed by atoms with Gasteiger partial charge in [0, 0.05) is 0 Å². The summed E-state index contributed by atoms with van der Waals surface area (Å²) in [5, 5.41) is 18.8. The van der Waals surface area contributed by atoms with Gasteiger partial charge in [-0.15, -0.1) is 0 Å². The number of rotatable bonds is 2. The highest BCUT2D eigenvalue weighted by Gasteiger charge is 2.29. The number of carbonyl (C=O) groups is 1. The molecule has 1 aliphatic carbocycles. The van der Waals surface area contributed by atoms with E-state index in [9.17, 15) is 14.7 Å². The zero-order valence-corrected chi connectivity index (χ0v) is 9.51. The molecule has 1 atom stereocenters. The van der Waals surface area contributed by atoms with E-state index >= 15 is 0 Å². The summed E-state index contributed by atoms with van der Waals surface area (Å²) in [5.74, 6) is 0.868. The Morgan fingerprint density at radius 2 is 2.17 bits per heavy atom. The molecule has 0 amide bonds. The number of fused-ring (bicyclic) bond motifs is 1. The average molecular weight is 246 g/mol. The quantitative estimate of drug-likeness (QED) is 0.752. The molecular weight excluding hydrogens is 236 g/mol. The second kappa shape index (κ2) is 4.49. The van der Waals surface area contributed by atoms with Gasteiger partial charge < -0.3 is 14.9 Å². The van der Waals surface area contributed by atoms with Crippen LogP contribution in [0, 0.1) is 0 Å². The molecule has 2 N–H and O–H groups in total. The van der Waals surface area contributed by atoms with Crippen molar-refractivity contribution in [2.45, 2.75) is 6.10 Å². The first kappa shape index (κ1) is 12.1. The molecule has 0 heterocycles. The maximum Gasteiger partial charge on any atom is 0.334 e. The molecule has 1 aromatic rings. The second-order valence-corrected chi connectivity index (χ2v) is 3.78. The van der Waals surface area contributed by atoms with Gasteiger partial charge in [0.1, 0.15) is 17.8 Å². The Kier molecular flexibility index (Phi) is 3.02. The van der Waals surface area contributed by atoms with E-state index in [4.69, 9.17) is 9.84 Å². The summed E-state index contributed by atoms with van der Waals surface area (Å²) >= 11 is 0. The maximum absolute atomic E-state index is 11.0. The van der Waals surface area contributed by atoms with Crippen LogP contribution in [0.3, 0.4) is 0 Å². The Hall–Kier alpha value is -2.36. The molecule has 1 unspecified atom stereocenters. The number of carboxylic acid groups (broad SMARTS) is 1. The van der Waals surface area contributed by atoms with Gasteiger partial charge >= 0.3 is 5.97 Å². The van der Waals surface area contributed by atoms with E-state index in [1.807, 2.05) is 0 Å². The van der Waals surface area contributed by atoms with Crippen molar-refractivity contribution < 1.29 is 24.5 Å². The third kappa shape index (κ3) is 1.82. The first-order valence-corrected chi connectivity index (χ1v) is 5.15. The van der Waals surface area contributed by atoms with Gasteiger partial charge in [-0.05, 0) is 35.4 Å². The van der Waals surface area contributed by atoms with Gasteiger partial charge in [-0.25, -0.2) is 9.59 Å². The molecule has 92 valence electrons. The highest BCUT2D eigenvalue weighted by Crippen LogP contribution is 2.33. The number of aliphatic hydroxyl groups is 1. The van der Waals surface area contributed by atoms with E-state index in [-0.39, 0.29) is 11.1 Å². The van der Waals surface area contributed by atoms with E-state index in [1.165, 1.54) is 13.2 Å². The zero-order valence-electron chi connectivity index (χ0n) is 9.51. The van der Waals surface area contributed by atoms with Crippen molar-refractivity contribution in [3.8, 4) is 5.75 Å². The van der Waals surface area contributed by atoms with Crippen molar-refractivity contribution in [2.75, 3.05) is 7.11 Å². The van der Waals surface area contributed by atoms with Crippen molar-refractivity contribution in [2.24, 2.45) is 0 Å². The minimum absolute atomic E-state index is 0.0763. The lowest BCUT2D eigenvalue weighted by atomic mass is 9.86. The number of carboxylic acids is 1. The van der Waals surface area contributed by atoms with E-state index < -0.39 is 12.1 Å². The predicted molar refractivity (Wildman–Crippen MR) is 63.7 cm³/mol. The molecule has 5 nitrogen and oxygen atoms in total. The van der Waals surface area contributed by atoms with Crippen LogP contribution < -0.4 is 4.74 Å². The molecule has 0 saturated carbocycles. The molecule has 0 saturated heterocycles. The lowest BCUT2D eigenvalue weighted by molar-refractivity contribution is -0.133. The molecule has 0 aliphatic heterocycles. The Morgan fingerprint density at radius 3 is 2.72 bits per heavy atom. The normalized spacial score (nSPS) is 17.6. The van der Waals surface area contributed by atoms with Crippen molar-refractivity contribution in [1.82, 2.24) is 0 Å². The fourth-order valence-corrected chi connectivity index (χ4v) is 1.87. The van der Waals surface area contributed by atoms with E-state index in [1.54, 1.807) is 24.1 Å². The lowest BCUT2D eigenvalue weighted by Crippen LogP contribution is -2.23. The van der Waals surface area contributed by atoms with Gasteiger partial charge in [0.15, 0.2) is 0 Å². The molecule has 0 radical (unpaired) electrons. The number of hydrogen-bond donors (Lipinski definition) is 2. The van der Waals surface area contributed by atoms with E-state index in [2.05, 4.69) is 0 Å². The molecule has 0 spiro atoms. The molecule has 0 aromatic heterocycles.